The van der Waals surface area contributed by atoms with Crippen LogP contribution in [0.3, 0.4) is 0 Å². The van der Waals surface area contributed by atoms with Crippen LogP contribution in [0, 0.1) is 13.8 Å². The van der Waals surface area contributed by atoms with E-state index in [1.165, 1.54) is 11.3 Å². The number of H-pyrrole nitrogens is 1. The summed E-state index contributed by atoms with van der Waals surface area (Å²) in [4.78, 5) is 11.7. The highest BCUT2D eigenvalue weighted by Gasteiger charge is 2.11. The first-order chi connectivity index (χ1) is 9.58. The number of urea groups is 1. The lowest BCUT2D eigenvalue weighted by Crippen LogP contribution is -2.37. The molecule has 108 valence electrons. The maximum Gasteiger partial charge on any atom is 0.315 e. The van der Waals surface area contributed by atoms with Crippen molar-refractivity contribution in [3.63, 3.8) is 0 Å². The maximum atomic E-state index is 11.7. The van der Waals surface area contributed by atoms with Crippen LogP contribution in [0.5, 0.6) is 0 Å². The summed E-state index contributed by atoms with van der Waals surface area (Å²) < 4.78 is 0. The minimum absolute atomic E-state index is 0.186. The van der Waals surface area contributed by atoms with Crippen molar-refractivity contribution in [2.24, 2.45) is 0 Å². The Morgan fingerprint density at radius 2 is 2.30 bits per heavy atom. The van der Waals surface area contributed by atoms with Crippen molar-refractivity contribution in [1.82, 2.24) is 20.8 Å². The molecule has 7 heteroatoms. The van der Waals surface area contributed by atoms with Crippen LogP contribution in [0.4, 0.5) is 4.79 Å². The number of rotatable bonds is 5. The van der Waals surface area contributed by atoms with E-state index in [-0.39, 0.29) is 12.6 Å². The van der Waals surface area contributed by atoms with Gasteiger partial charge in [0, 0.05) is 24.3 Å². The Kier molecular flexibility index (Phi) is 4.75. The van der Waals surface area contributed by atoms with E-state index >= 15 is 0 Å². The third-order valence-corrected chi connectivity index (χ3v) is 3.79. The number of carbonyl (C=O) groups excluding carboxylic acids is 1. The van der Waals surface area contributed by atoms with E-state index in [1.807, 2.05) is 30.7 Å². The predicted molar refractivity (Wildman–Crippen MR) is 77.6 cm³/mol. The molecule has 0 saturated heterocycles. The normalized spacial score (nSPS) is 12.2. The summed E-state index contributed by atoms with van der Waals surface area (Å²) in [5.41, 5.74) is 3.62. The number of nitrogens with one attached hydrogen (secondary N) is 3. The molecule has 0 aliphatic carbocycles. The number of aliphatic hydroxyl groups excluding tert-OH is 1. The molecule has 2 heterocycles. The summed E-state index contributed by atoms with van der Waals surface area (Å²) in [6.07, 6.45) is -0.676. The minimum Gasteiger partial charge on any atom is -0.387 e. The molecule has 2 aromatic heterocycles. The van der Waals surface area contributed by atoms with Gasteiger partial charge in [0.1, 0.15) is 0 Å². The fraction of sp³-hybridized carbons (Fsp3) is 0.385. The molecule has 0 aliphatic rings. The number of aryl methyl sites for hydroxylation is 2. The van der Waals surface area contributed by atoms with Crippen LogP contribution in [-0.4, -0.2) is 27.9 Å². The second-order valence-electron chi connectivity index (χ2n) is 4.55. The molecule has 0 radical (unpaired) electrons. The number of aliphatic hydroxyl groups is 1. The Morgan fingerprint density at radius 1 is 1.50 bits per heavy atom. The smallest absolute Gasteiger partial charge is 0.315 e. The number of amides is 2. The molecule has 1 atom stereocenters. The van der Waals surface area contributed by atoms with E-state index in [0.717, 1.165) is 22.5 Å². The van der Waals surface area contributed by atoms with E-state index in [4.69, 9.17) is 0 Å². The fourth-order valence-electron chi connectivity index (χ4n) is 1.84. The number of thiophene rings is 1. The zero-order valence-corrected chi connectivity index (χ0v) is 12.3. The number of aromatic amines is 1. The topological polar surface area (TPSA) is 90.0 Å². The molecule has 6 nitrogen and oxygen atoms in total. The van der Waals surface area contributed by atoms with Crippen LogP contribution in [0.15, 0.2) is 16.8 Å². The standard InChI is InChI=1S/C13H18N4O2S/c1-8-11(9(2)17-16-8)5-14-13(19)15-6-12(18)10-3-4-20-7-10/h3-4,7,12,18H,5-6H2,1-2H3,(H,16,17)(H2,14,15,19). The first kappa shape index (κ1) is 14.5. The summed E-state index contributed by atoms with van der Waals surface area (Å²) in [5, 5.41) is 25.9. The SMILES string of the molecule is Cc1n[nH]c(C)c1CNC(=O)NCC(O)c1ccsc1. The van der Waals surface area contributed by atoms with E-state index in [2.05, 4.69) is 20.8 Å². The van der Waals surface area contributed by atoms with Gasteiger partial charge >= 0.3 is 6.03 Å². The van der Waals surface area contributed by atoms with E-state index in [1.54, 1.807) is 0 Å². The molecule has 2 amide bonds. The van der Waals surface area contributed by atoms with Gasteiger partial charge in [0.15, 0.2) is 0 Å². The molecule has 0 saturated carbocycles. The number of hydrogen-bond donors (Lipinski definition) is 4. The third kappa shape index (κ3) is 3.58. The summed E-state index contributed by atoms with van der Waals surface area (Å²) in [5.74, 6) is 0. The summed E-state index contributed by atoms with van der Waals surface area (Å²) >= 11 is 1.52. The number of nitrogens with zero attached hydrogens (tertiary/aromatic N) is 1. The number of carbonyl (C=O) groups is 1. The molecular weight excluding hydrogens is 276 g/mol. The highest BCUT2D eigenvalue weighted by molar-refractivity contribution is 7.07. The molecular formula is C13H18N4O2S. The van der Waals surface area contributed by atoms with Crippen LogP contribution in [0.2, 0.25) is 0 Å². The quantitative estimate of drug-likeness (QED) is 0.675. The second kappa shape index (κ2) is 6.53. The van der Waals surface area contributed by atoms with Gasteiger partial charge in [-0.3, -0.25) is 5.10 Å². The van der Waals surface area contributed by atoms with E-state index < -0.39 is 6.10 Å². The zero-order chi connectivity index (χ0) is 14.5. The Hall–Kier alpha value is -1.86. The fourth-order valence-corrected chi connectivity index (χ4v) is 2.54. The average Bonchev–Trinajstić information content (AvgIpc) is 3.05. The Balaban J connectivity index is 1.76. The van der Waals surface area contributed by atoms with Gasteiger partial charge in [0.2, 0.25) is 0 Å². The molecule has 2 rings (SSSR count). The lowest BCUT2D eigenvalue weighted by atomic mass is 10.2. The van der Waals surface area contributed by atoms with E-state index in [9.17, 15) is 9.90 Å². The molecule has 1 unspecified atom stereocenters. The van der Waals surface area contributed by atoms with Crippen LogP contribution in [-0.2, 0) is 6.54 Å². The lowest BCUT2D eigenvalue weighted by molar-refractivity contribution is 0.173. The number of aromatic nitrogens is 2. The van der Waals surface area contributed by atoms with Crippen LogP contribution >= 0.6 is 11.3 Å². The summed E-state index contributed by atoms with van der Waals surface area (Å²) in [7, 11) is 0. The molecule has 0 bridgehead atoms. The van der Waals surface area contributed by atoms with Crippen molar-refractivity contribution in [2.75, 3.05) is 6.54 Å². The highest BCUT2D eigenvalue weighted by Crippen LogP contribution is 2.15. The Bertz CT molecular complexity index is 545. The van der Waals surface area contributed by atoms with Gasteiger partial charge in [-0.2, -0.15) is 16.4 Å². The van der Waals surface area contributed by atoms with Gasteiger partial charge in [-0.1, -0.05) is 0 Å². The molecule has 20 heavy (non-hydrogen) atoms. The predicted octanol–water partition coefficient (Wildman–Crippen LogP) is 1.62. The second-order valence-corrected chi connectivity index (χ2v) is 5.33. The van der Waals surface area contributed by atoms with Gasteiger partial charge in [0.25, 0.3) is 0 Å². The van der Waals surface area contributed by atoms with Gasteiger partial charge in [-0.25, -0.2) is 4.79 Å². The summed E-state index contributed by atoms with van der Waals surface area (Å²) in [6.45, 7) is 4.40. The van der Waals surface area contributed by atoms with Gasteiger partial charge < -0.3 is 15.7 Å². The van der Waals surface area contributed by atoms with Crippen LogP contribution in [0.1, 0.15) is 28.6 Å². The zero-order valence-electron chi connectivity index (χ0n) is 11.4. The maximum absolute atomic E-state index is 11.7. The Morgan fingerprint density at radius 3 is 2.90 bits per heavy atom. The van der Waals surface area contributed by atoms with Crippen molar-refractivity contribution in [2.45, 2.75) is 26.5 Å². The average molecular weight is 294 g/mol. The van der Waals surface area contributed by atoms with Gasteiger partial charge in [0.05, 0.1) is 11.8 Å². The monoisotopic (exact) mass is 294 g/mol. The highest BCUT2D eigenvalue weighted by atomic mass is 32.1. The molecule has 0 fully saturated rings. The minimum atomic E-state index is -0.676. The lowest BCUT2D eigenvalue weighted by Gasteiger charge is -2.11. The van der Waals surface area contributed by atoms with Gasteiger partial charge in [-0.05, 0) is 36.2 Å². The molecule has 2 aromatic rings. The number of hydrogen-bond acceptors (Lipinski definition) is 4. The van der Waals surface area contributed by atoms with Crippen molar-refractivity contribution in [3.8, 4) is 0 Å². The van der Waals surface area contributed by atoms with Crippen molar-refractivity contribution in [1.29, 1.82) is 0 Å². The Labute approximate surface area is 121 Å². The largest absolute Gasteiger partial charge is 0.387 e. The van der Waals surface area contributed by atoms with Crippen molar-refractivity contribution < 1.29 is 9.90 Å². The summed E-state index contributed by atoms with van der Waals surface area (Å²) in [6, 6.07) is 1.53. The molecule has 0 aliphatic heterocycles. The van der Waals surface area contributed by atoms with E-state index in [0.29, 0.717) is 6.54 Å². The van der Waals surface area contributed by atoms with Crippen LogP contribution in [0.25, 0.3) is 0 Å². The van der Waals surface area contributed by atoms with Crippen molar-refractivity contribution in [3.05, 3.63) is 39.3 Å². The van der Waals surface area contributed by atoms with Crippen molar-refractivity contribution >= 4 is 17.4 Å². The first-order valence-electron chi connectivity index (χ1n) is 6.30. The molecule has 0 spiro atoms. The van der Waals surface area contributed by atoms with Crippen LogP contribution < -0.4 is 10.6 Å². The van der Waals surface area contributed by atoms with Gasteiger partial charge in [-0.15, -0.1) is 0 Å². The first-order valence-corrected chi connectivity index (χ1v) is 7.24. The third-order valence-electron chi connectivity index (χ3n) is 3.09. The molecule has 0 aromatic carbocycles. The molecule has 4 N–H and O–H groups in total.